The molecule has 0 unspecified atom stereocenters. The largest absolute Gasteiger partial charge is 0.336 e. The highest BCUT2D eigenvalue weighted by molar-refractivity contribution is 7.17. The number of aromatic nitrogens is 2. The van der Waals surface area contributed by atoms with E-state index < -0.39 is 11.2 Å². The van der Waals surface area contributed by atoms with E-state index >= 15 is 0 Å². The van der Waals surface area contributed by atoms with Gasteiger partial charge in [0, 0.05) is 17.3 Å². The summed E-state index contributed by atoms with van der Waals surface area (Å²) in [6.45, 7) is 2.16. The van der Waals surface area contributed by atoms with E-state index in [0.29, 0.717) is 27.5 Å². The quantitative estimate of drug-likeness (QED) is 0.473. The van der Waals surface area contributed by atoms with Crippen molar-refractivity contribution in [2.75, 3.05) is 11.4 Å². The van der Waals surface area contributed by atoms with Crippen molar-refractivity contribution in [2.45, 2.75) is 13.5 Å². The summed E-state index contributed by atoms with van der Waals surface area (Å²) in [4.78, 5) is 41.0. The van der Waals surface area contributed by atoms with Crippen LogP contribution in [-0.4, -0.2) is 21.6 Å². The number of rotatable bonds is 5. The molecule has 0 atom stereocenters. The van der Waals surface area contributed by atoms with E-state index in [4.69, 9.17) is 11.6 Å². The van der Waals surface area contributed by atoms with Gasteiger partial charge in [0.2, 0.25) is 5.91 Å². The van der Waals surface area contributed by atoms with E-state index in [1.807, 2.05) is 37.3 Å². The molecule has 8 heteroatoms. The molecule has 0 saturated heterocycles. The van der Waals surface area contributed by atoms with Crippen LogP contribution in [0.15, 0.2) is 75.6 Å². The molecule has 4 aromatic rings. The van der Waals surface area contributed by atoms with E-state index in [0.717, 1.165) is 10.3 Å². The second-order valence-electron chi connectivity index (χ2n) is 6.59. The Morgan fingerprint density at radius 1 is 1.03 bits per heavy atom. The first-order chi connectivity index (χ1) is 14.5. The summed E-state index contributed by atoms with van der Waals surface area (Å²) in [6.07, 6.45) is 0. The van der Waals surface area contributed by atoms with Crippen LogP contribution < -0.4 is 16.1 Å². The van der Waals surface area contributed by atoms with E-state index in [1.165, 1.54) is 15.9 Å². The first-order valence-electron chi connectivity index (χ1n) is 9.35. The van der Waals surface area contributed by atoms with Crippen LogP contribution >= 0.6 is 22.9 Å². The van der Waals surface area contributed by atoms with Crippen molar-refractivity contribution < 1.29 is 4.79 Å². The molecule has 152 valence electrons. The highest BCUT2D eigenvalue weighted by Gasteiger charge is 2.20. The third-order valence-corrected chi connectivity index (χ3v) is 5.96. The minimum atomic E-state index is -0.564. The molecule has 0 spiro atoms. The Morgan fingerprint density at radius 2 is 1.73 bits per heavy atom. The number of fused-ring (bicyclic) bond motifs is 1. The summed E-state index contributed by atoms with van der Waals surface area (Å²) in [5, 5.41) is 2.24. The Hall–Kier alpha value is -3.16. The van der Waals surface area contributed by atoms with E-state index in [1.54, 1.807) is 40.6 Å². The summed E-state index contributed by atoms with van der Waals surface area (Å²) in [6, 6.07) is 17.4. The van der Waals surface area contributed by atoms with Crippen LogP contribution in [0.2, 0.25) is 5.02 Å². The van der Waals surface area contributed by atoms with Gasteiger partial charge in [-0.3, -0.25) is 14.2 Å². The predicted octanol–water partition coefficient (Wildman–Crippen LogP) is 3.92. The Bertz CT molecular complexity index is 1320. The van der Waals surface area contributed by atoms with Crippen LogP contribution in [0.3, 0.4) is 0 Å². The number of carbonyl (C=O) groups excluding carboxylic acids is 1. The number of amides is 1. The van der Waals surface area contributed by atoms with Gasteiger partial charge in [-0.25, -0.2) is 9.36 Å². The molecule has 30 heavy (non-hydrogen) atoms. The molecule has 0 aliphatic heterocycles. The van der Waals surface area contributed by atoms with Crippen molar-refractivity contribution in [1.82, 2.24) is 9.13 Å². The highest BCUT2D eigenvalue weighted by Crippen LogP contribution is 2.19. The van der Waals surface area contributed by atoms with Gasteiger partial charge in [0.15, 0.2) is 0 Å². The van der Waals surface area contributed by atoms with Crippen LogP contribution in [0.5, 0.6) is 0 Å². The van der Waals surface area contributed by atoms with Gasteiger partial charge in [0.05, 0.1) is 11.2 Å². The monoisotopic (exact) mass is 439 g/mol. The second-order valence-corrected chi connectivity index (χ2v) is 7.95. The Labute approximate surface area is 181 Å². The van der Waals surface area contributed by atoms with Gasteiger partial charge in [-0.15, -0.1) is 11.3 Å². The first-order valence-corrected chi connectivity index (χ1v) is 10.6. The lowest BCUT2D eigenvalue weighted by atomic mass is 10.2. The Kier molecular flexibility index (Phi) is 5.57. The van der Waals surface area contributed by atoms with Crippen molar-refractivity contribution in [2.24, 2.45) is 0 Å². The van der Waals surface area contributed by atoms with Crippen LogP contribution in [0, 0.1) is 0 Å². The Morgan fingerprint density at radius 3 is 2.40 bits per heavy atom. The van der Waals surface area contributed by atoms with E-state index in [-0.39, 0.29) is 12.5 Å². The molecule has 0 aliphatic carbocycles. The van der Waals surface area contributed by atoms with E-state index in [9.17, 15) is 14.4 Å². The van der Waals surface area contributed by atoms with Gasteiger partial charge >= 0.3 is 5.69 Å². The molecular formula is C22H18ClN3O3S. The number of hydrogen-bond acceptors (Lipinski definition) is 4. The van der Waals surface area contributed by atoms with Crippen molar-refractivity contribution in [1.29, 1.82) is 0 Å². The average molecular weight is 440 g/mol. The number of carbonyl (C=O) groups is 1. The lowest BCUT2D eigenvalue weighted by Crippen LogP contribution is -2.42. The number of para-hydroxylation sites is 1. The molecule has 0 N–H and O–H groups in total. The second kappa shape index (κ2) is 8.30. The molecule has 4 rings (SSSR count). The third kappa shape index (κ3) is 3.58. The maximum absolute atomic E-state index is 13.3. The smallest absolute Gasteiger partial charge is 0.311 e. The number of hydrogen-bond donors (Lipinski definition) is 0. The van der Waals surface area contributed by atoms with Crippen molar-refractivity contribution in [3.8, 4) is 5.69 Å². The first kappa shape index (κ1) is 20.1. The van der Waals surface area contributed by atoms with Gasteiger partial charge in [-0.1, -0.05) is 29.8 Å². The average Bonchev–Trinajstić information content (AvgIpc) is 3.24. The van der Waals surface area contributed by atoms with E-state index in [2.05, 4.69) is 0 Å². The standard InChI is InChI=1S/C22H18ClN3O3S/c1-2-24(16-6-4-3-5-7-16)19(27)14-25-18-12-13-30-20(18)21(28)26(22(25)29)17-10-8-15(23)9-11-17/h3-13H,2,14H2,1H3. The van der Waals surface area contributed by atoms with Crippen molar-refractivity contribution >= 4 is 44.7 Å². The SMILES string of the molecule is CCN(C(=O)Cn1c(=O)n(-c2ccc(Cl)cc2)c(=O)c2sccc21)c1ccccc1. The van der Waals surface area contributed by atoms with Gasteiger partial charge in [0.25, 0.3) is 5.56 Å². The summed E-state index contributed by atoms with van der Waals surface area (Å²) >= 11 is 7.19. The van der Waals surface area contributed by atoms with Gasteiger partial charge in [0.1, 0.15) is 11.2 Å². The summed E-state index contributed by atoms with van der Waals surface area (Å²) in [7, 11) is 0. The van der Waals surface area contributed by atoms with Crippen LogP contribution in [0.25, 0.3) is 15.9 Å². The zero-order chi connectivity index (χ0) is 21.3. The molecule has 0 bridgehead atoms. The third-order valence-electron chi connectivity index (χ3n) is 4.82. The lowest BCUT2D eigenvalue weighted by molar-refractivity contribution is -0.119. The number of benzene rings is 2. The fraction of sp³-hybridized carbons (Fsp3) is 0.136. The zero-order valence-corrected chi connectivity index (χ0v) is 17.7. The number of halogens is 1. The number of likely N-dealkylation sites (N-methyl/N-ethyl adjacent to an activating group) is 1. The maximum Gasteiger partial charge on any atom is 0.336 e. The topological polar surface area (TPSA) is 64.3 Å². The minimum absolute atomic E-state index is 0.178. The van der Waals surface area contributed by atoms with Crippen molar-refractivity contribution in [3.05, 3.63) is 91.9 Å². The number of anilines is 1. The molecule has 0 radical (unpaired) electrons. The fourth-order valence-electron chi connectivity index (χ4n) is 3.39. The molecule has 2 aromatic carbocycles. The molecule has 1 amide bonds. The Balaban J connectivity index is 1.84. The molecule has 6 nitrogen and oxygen atoms in total. The van der Waals surface area contributed by atoms with Crippen LogP contribution in [0.1, 0.15) is 6.92 Å². The predicted molar refractivity (Wildman–Crippen MR) is 121 cm³/mol. The summed E-state index contributed by atoms with van der Waals surface area (Å²) < 4.78 is 2.86. The van der Waals surface area contributed by atoms with Gasteiger partial charge in [-0.05, 0) is 54.8 Å². The molecule has 2 heterocycles. The lowest BCUT2D eigenvalue weighted by Gasteiger charge is -2.22. The van der Waals surface area contributed by atoms with Crippen LogP contribution in [0.4, 0.5) is 5.69 Å². The molecule has 2 aromatic heterocycles. The number of nitrogens with zero attached hydrogens (tertiary/aromatic N) is 3. The zero-order valence-electron chi connectivity index (χ0n) is 16.1. The van der Waals surface area contributed by atoms with Crippen molar-refractivity contribution in [3.63, 3.8) is 0 Å². The van der Waals surface area contributed by atoms with Gasteiger partial charge in [-0.2, -0.15) is 0 Å². The minimum Gasteiger partial charge on any atom is -0.311 e. The maximum atomic E-state index is 13.3. The molecule has 0 saturated carbocycles. The molecular weight excluding hydrogens is 422 g/mol. The molecule has 0 aliphatic rings. The highest BCUT2D eigenvalue weighted by atomic mass is 35.5. The normalized spacial score (nSPS) is 11.0. The summed E-state index contributed by atoms with van der Waals surface area (Å²) in [5.41, 5.74) is 0.640. The van der Waals surface area contributed by atoms with Gasteiger partial charge < -0.3 is 4.90 Å². The fourth-order valence-corrected chi connectivity index (χ4v) is 4.34. The number of thiophene rings is 1. The van der Waals surface area contributed by atoms with Crippen LogP contribution in [-0.2, 0) is 11.3 Å². The summed E-state index contributed by atoms with van der Waals surface area (Å²) in [5.74, 6) is -0.236. The molecule has 0 fully saturated rings.